The van der Waals surface area contributed by atoms with Gasteiger partial charge in [-0.05, 0) is 56.2 Å². The van der Waals surface area contributed by atoms with Crippen LogP contribution >= 0.6 is 11.6 Å². The zero-order valence-corrected chi connectivity index (χ0v) is 12.2. The van der Waals surface area contributed by atoms with E-state index in [1.165, 1.54) is 25.1 Å². The molecule has 0 aliphatic rings. The molecule has 20 heavy (non-hydrogen) atoms. The third-order valence-corrected chi connectivity index (χ3v) is 3.57. The zero-order valence-electron chi connectivity index (χ0n) is 11.5. The van der Waals surface area contributed by atoms with Crippen LogP contribution < -0.4 is 4.74 Å². The molecule has 0 fully saturated rings. The van der Waals surface area contributed by atoms with Crippen molar-refractivity contribution in [2.45, 2.75) is 20.8 Å². The van der Waals surface area contributed by atoms with Gasteiger partial charge in [-0.2, -0.15) is 0 Å². The second-order valence-corrected chi connectivity index (χ2v) is 5.02. The van der Waals surface area contributed by atoms with Gasteiger partial charge in [0.15, 0.2) is 17.3 Å². The lowest BCUT2D eigenvalue weighted by Gasteiger charge is -2.12. The Labute approximate surface area is 122 Å². The Morgan fingerprint density at radius 2 is 1.80 bits per heavy atom. The Hall–Kier alpha value is -1.87. The van der Waals surface area contributed by atoms with E-state index in [2.05, 4.69) is 0 Å². The molecule has 0 bridgehead atoms. The fourth-order valence-electron chi connectivity index (χ4n) is 1.97. The van der Waals surface area contributed by atoms with Crippen LogP contribution in [-0.4, -0.2) is 5.78 Å². The van der Waals surface area contributed by atoms with Crippen molar-refractivity contribution >= 4 is 17.4 Å². The summed E-state index contributed by atoms with van der Waals surface area (Å²) in [5.74, 6) is -0.414. The van der Waals surface area contributed by atoms with Gasteiger partial charge in [0.05, 0.1) is 5.56 Å². The van der Waals surface area contributed by atoms with Gasteiger partial charge in [0.1, 0.15) is 5.75 Å². The Balaban J connectivity index is 2.47. The maximum atomic E-state index is 13.9. The normalized spacial score (nSPS) is 10.4. The number of hydrogen-bond acceptors (Lipinski definition) is 2. The van der Waals surface area contributed by atoms with Crippen LogP contribution in [0.4, 0.5) is 4.39 Å². The number of para-hydroxylation sites is 1. The fraction of sp³-hybridized carbons (Fsp3) is 0.188. The lowest BCUT2D eigenvalue weighted by molar-refractivity contribution is 0.101. The van der Waals surface area contributed by atoms with Gasteiger partial charge in [-0.3, -0.25) is 4.79 Å². The van der Waals surface area contributed by atoms with Crippen molar-refractivity contribution in [2.75, 3.05) is 0 Å². The van der Waals surface area contributed by atoms with Crippen LogP contribution in [0.25, 0.3) is 0 Å². The molecule has 0 saturated heterocycles. The molecule has 0 radical (unpaired) electrons. The number of carbonyl (C=O) groups is 1. The van der Waals surface area contributed by atoms with E-state index in [0.29, 0.717) is 10.8 Å². The molecule has 104 valence electrons. The summed E-state index contributed by atoms with van der Waals surface area (Å²) in [7, 11) is 0. The number of benzene rings is 2. The maximum Gasteiger partial charge on any atom is 0.173 e. The molecule has 0 unspecified atom stereocenters. The van der Waals surface area contributed by atoms with Crippen LogP contribution in [0.5, 0.6) is 11.5 Å². The minimum Gasteiger partial charge on any atom is -0.453 e. The van der Waals surface area contributed by atoms with Gasteiger partial charge < -0.3 is 4.74 Å². The second kappa shape index (κ2) is 5.63. The highest BCUT2D eigenvalue weighted by molar-refractivity contribution is 6.32. The Morgan fingerprint density at radius 1 is 1.20 bits per heavy atom. The standard InChI is InChI=1S/C16H14ClFO2/c1-9-7-12(8-10(2)15(9)17)20-16-13(11(3)19)5-4-6-14(16)18/h4-8H,1-3H3. The average Bonchev–Trinajstić information content (AvgIpc) is 2.38. The molecule has 0 aliphatic carbocycles. The number of halogens is 2. The molecule has 0 spiro atoms. The molecule has 4 heteroatoms. The first-order valence-electron chi connectivity index (χ1n) is 6.14. The van der Waals surface area contributed by atoms with E-state index in [0.717, 1.165) is 11.1 Å². The molecule has 0 atom stereocenters. The van der Waals surface area contributed by atoms with E-state index in [4.69, 9.17) is 16.3 Å². The van der Waals surface area contributed by atoms with Crippen LogP contribution in [0.15, 0.2) is 30.3 Å². The van der Waals surface area contributed by atoms with Gasteiger partial charge in [-0.1, -0.05) is 17.7 Å². The molecule has 2 aromatic carbocycles. The van der Waals surface area contributed by atoms with Gasteiger partial charge >= 0.3 is 0 Å². The third-order valence-electron chi connectivity index (χ3n) is 2.98. The quantitative estimate of drug-likeness (QED) is 0.736. The van der Waals surface area contributed by atoms with E-state index >= 15 is 0 Å². The van der Waals surface area contributed by atoms with Crippen molar-refractivity contribution in [1.82, 2.24) is 0 Å². The highest BCUT2D eigenvalue weighted by Gasteiger charge is 2.15. The Bertz CT molecular complexity index is 657. The van der Waals surface area contributed by atoms with E-state index in [1.54, 1.807) is 12.1 Å². The minimum atomic E-state index is -0.567. The summed E-state index contributed by atoms with van der Waals surface area (Å²) in [5, 5.41) is 0.651. The summed E-state index contributed by atoms with van der Waals surface area (Å²) in [6.07, 6.45) is 0. The van der Waals surface area contributed by atoms with Gasteiger partial charge in [0.2, 0.25) is 0 Å². The summed E-state index contributed by atoms with van der Waals surface area (Å²) in [6.45, 7) is 5.06. The lowest BCUT2D eigenvalue weighted by atomic mass is 10.1. The Morgan fingerprint density at radius 3 is 2.35 bits per heavy atom. The van der Waals surface area contributed by atoms with Crippen molar-refractivity contribution in [3.63, 3.8) is 0 Å². The molecular weight excluding hydrogens is 279 g/mol. The first kappa shape index (κ1) is 14.5. The maximum absolute atomic E-state index is 13.9. The van der Waals surface area contributed by atoms with Crippen LogP contribution in [0, 0.1) is 19.7 Å². The van der Waals surface area contributed by atoms with Crippen molar-refractivity contribution in [1.29, 1.82) is 0 Å². The van der Waals surface area contributed by atoms with Crippen molar-refractivity contribution < 1.29 is 13.9 Å². The largest absolute Gasteiger partial charge is 0.453 e. The predicted molar refractivity (Wildman–Crippen MR) is 77.4 cm³/mol. The predicted octanol–water partition coefficient (Wildman–Crippen LogP) is 5.09. The number of ketones is 1. The smallest absolute Gasteiger partial charge is 0.173 e. The molecule has 0 N–H and O–H groups in total. The topological polar surface area (TPSA) is 26.3 Å². The van der Waals surface area contributed by atoms with E-state index in [-0.39, 0.29) is 17.1 Å². The molecule has 0 amide bonds. The summed E-state index contributed by atoms with van der Waals surface area (Å²) >= 11 is 6.08. The first-order valence-corrected chi connectivity index (χ1v) is 6.52. The number of ether oxygens (including phenoxy) is 1. The van der Waals surface area contributed by atoms with Crippen LogP contribution in [0.3, 0.4) is 0 Å². The van der Waals surface area contributed by atoms with Gasteiger partial charge in [0, 0.05) is 5.02 Å². The van der Waals surface area contributed by atoms with Gasteiger partial charge in [-0.25, -0.2) is 4.39 Å². The lowest BCUT2D eigenvalue weighted by Crippen LogP contribution is -2.00. The molecule has 2 nitrogen and oxygen atoms in total. The van der Waals surface area contributed by atoms with Crippen LogP contribution in [0.2, 0.25) is 5.02 Å². The molecule has 2 aromatic rings. The van der Waals surface area contributed by atoms with Crippen molar-refractivity contribution in [2.24, 2.45) is 0 Å². The second-order valence-electron chi connectivity index (χ2n) is 4.65. The number of hydrogen-bond donors (Lipinski definition) is 0. The highest BCUT2D eigenvalue weighted by Crippen LogP contribution is 2.32. The number of Topliss-reactive ketones (excluding diaryl/α,β-unsaturated/α-hetero) is 1. The van der Waals surface area contributed by atoms with Gasteiger partial charge in [0.25, 0.3) is 0 Å². The molecule has 0 heterocycles. The minimum absolute atomic E-state index is 0.0545. The fourth-order valence-corrected chi connectivity index (χ4v) is 2.08. The average molecular weight is 293 g/mol. The van der Waals surface area contributed by atoms with E-state index in [1.807, 2.05) is 13.8 Å². The zero-order chi connectivity index (χ0) is 14.9. The van der Waals surface area contributed by atoms with Crippen molar-refractivity contribution in [3.05, 3.63) is 57.9 Å². The van der Waals surface area contributed by atoms with E-state index in [9.17, 15) is 9.18 Å². The summed E-state index contributed by atoms with van der Waals surface area (Å²) in [5.41, 5.74) is 1.89. The SMILES string of the molecule is CC(=O)c1cccc(F)c1Oc1cc(C)c(Cl)c(C)c1. The molecule has 2 rings (SSSR count). The monoisotopic (exact) mass is 292 g/mol. The van der Waals surface area contributed by atoms with E-state index < -0.39 is 5.82 Å². The van der Waals surface area contributed by atoms with Gasteiger partial charge in [-0.15, -0.1) is 0 Å². The van der Waals surface area contributed by atoms with Crippen LogP contribution in [-0.2, 0) is 0 Å². The molecular formula is C16H14ClFO2. The highest BCUT2D eigenvalue weighted by atomic mass is 35.5. The number of rotatable bonds is 3. The number of carbonyl (C=O) groups excluding carboxylic acids is 1. The summed E-state index contributed by atoms with van der Waals surface area (Å²) < 4.78 is 19.4. The molecule has 0 saturated carbocycles. The molecule has 0 aromatic heterocycles. The first-order chi connectivity index (χ1) is 9.40. The van der Waals surface area contributed by atoms with Crippen LogP contribution in [0.1, 0.15) is 28.4 Å². The Kier molecular flexibility index (Phi) is 4.09. The third kappa shape index (κ3) is 2.83. The molecule has 0 aliphatic heterocycles. The number of aryl methyl sites for hydroxylation is 2. The summed E-state index contributed by atoms with van der Waals surface area (Å²) in [6, 6.07) is 7.71. The van der Waals surface area contributed by atoms with Crippen molar-refractivity contribution in [3.8, 4) is 11.5 Å². The summed E-state index contributed by atoms with van der Waals surface area (Å²) in [4.78, 5) is 11.5.